The maximum atomic E-state index is 11.3. The topological polar surface area (TPSA) is 97.1 Å². The SMILES string of the molecule is CCc1noc(CN[C@H](C)c2cccc(NS(C)(=O)=O)c2)n1. The number of sulfonamides is 1. The van der Waals surface area contributed by atoms with Crippen molar-refractivity contribution in [1.82, 2.24) is 15.5 Å². The number of nitrogens with one attached hydrogen (secondary N) is 2. The third-order valence-corrected chi connectivity index (χ3v) is 3.68. The third-order valence-electron chi connectivity index (χ3n) is 3.08. The Bertz CT molecular complexity index is 727. The molecule has 0 aliphatic carbocycles. The van der Waals surface area contributed by atoms with Crippen LogP contribution in [0.3, 0.4) is 0 Å². The van der Waals surface area contributed by atoms with Crippen molar-refractivity contribution in [2.24, 2.45) is 0 Å². The molecule has 0 amide bonds. The van der Waals surface area contributed by atoms with Gasteiger partial charge < -0.3 is 9.84 Å². The summed E-state index contributed by atoms with van der Waals surface area (Å²) < 4.78 is 30.1. The Morgan fingerprint density at radius 3 is 2.77 bits per heavy atom. The van der Waals surface area contributed by atoms with E-state index in [1.165, 1.54) is 0 Å². The average Bonchev–Trinajstić information content (AvgIpc) is 2.91. The van der Waals surface area contributed by atoms with Gasteiger partial charge in [0, 0.05) is 18.2 Å². The molecule has 1 atom stereocenters. The molecular weight excluding hydrogens is 304 g/mol. The van der Waals surface area contributed by atoms with Gasteiger partial charge in [-0.3, -0.25) is 4.72 Å². The molecule has 0 spiro atoms. The largest absolute Gasteiger partial charge is 0.338 e. The molecule has 120 valence electrons. The first kappa shape index (κ1) is 16.4. The van der Waals surface area contributed by atoms with Gasteiger partial charge in [0.15, 0.2) is 5.82 Å². The van der Waals surface area contributed by atoms with E-state index in [1.807, 2.05) is 26.0 Å². The van der Waals surface area contributed by atoms with Crippen LogP contribution >= 0.6 is 0 Å². The molecular formula is C14H20N4O3S. The lowest BCUT2D eigenvalue weighted by atomic mass is 10.1. The molecule has 7 nitrogen and oxygen atoms in total. The van der Waals surface area contributed by atoms with Crippen molar-refractivity contribution in [3.8, 4) is 0 Å². The van der Waals surface area contributed by atoms with Gasteiger partial charge in [0.05, 0.1) is 12.8 Å². The minimum atomic E-state index is -3.28. The molecule has 1 heterocycles. The number of hydrogen-bond donors (Lipinski definition) is 2. The molecule has 8 heteroatoms. The van der Waals surface area contributed by atoms with Crippen molar-refractivity contribution in [1.29, 1.82) is 0 Å². The number of aryl methyl sites for hydroxylation is 1. The van der Waals surface area contributed by atoms with Crippen LogP contribution in [0.1, 0.15) is 37.2 Å². The summed E-state index contributed by atoms with van der Waals surface area (Å²) in [6.45, 7) is 4.40. The van der Waals surface area contributed by atoms with E-state index >= 15 is 0 Å². The molecule has 0 fully saturated rings. The molecule has 0 radical (unpaired) electrons. The Morgan fingerprint density at radius 2 is 2.14 bits per heavy atom. The normalized spacial score (nSPS) is 13.0. The van der Waals surface area contributed by atoms with Gasteiger partial charge in [0.25, 0.3) is 0 Å². The smallest absolute Gasteiger partial charge is 0.240 e. The minimum Gasteiger partial charge on any atom is -0.338 e. The van der Waals surface area contributed by atoms with Crippen molar-refractivity contribution < 1.29 is 12.9 Å². The zero-order valence-electron chi connectivity index (χ0n) is 12.8. The predicted molar refractivity (Wildman–Crippen MR) is 83.8 cm³/mol. The molecule has 0 aliphatic heterocycles. The Hall–Kier alpha value is -1.93. The summed E-state index contributed by atoms with van der Waals surface area (Å²) in [5.41, 5.74) is 1.50. The number of rotatable bonds is 7. The van der Waals surface area contributed by atoms with Crippen LogP contribution in [0.25, 0.3) is 0 Å². The van der Waals surface area contributed by atoms with E-state index in [9.17, 15) is 8.42 Å². The van der Waals surface area contributed by atoms with Gasteiger partial charge in [-0.15, -0.1) is 0 Å². The van der Waals surface area contributed by atoms with Crippen LogP contribution in [0.4, 0.5) is 5.69 Å². The van der Waals surface area contributed by atoms with Crippen molar-refractivity contribution >= 4 is 15.7 Å². The summed E-state index contributed by atoms with van der Waals surface area (Å²) in [4.78, 5) is 4.23. The van der Waals surface area contributed by atoms with E-state index in [4.69, 9.17) is 4.52 Å². The van der Waals surface area contributed by atoms with Crippen molar-refractivity contribution in [3.05, 3.63) is 41.5 Å². The van der Waals surface area contributed by atoms with E-state index < -0.39 is 10.0 Å². The van der Waals surface area contributed by atoms with Crippen LogP contribution < -0.4 is 10.0 Å². The van der Waals surface area contributed by atoms with E-state index in [-0.39, 0.29) is 6.04 Å². The lowest BCUT2D eigenvalue weighted by Crippen LogP contribution is -2.18. The highest BCUT2D eigenvalue weighted by atomic mass is 32.2. The fraction of sp³-hybridized carbons (Fsp3) is 0.429. The minimum absolute atomic E-state index is 0.0123. The van der Waals surface area contributed by atoms with Gasteiger partial charge in [0.1, 0.15) is 0 Å². The van der Waals surface area contributed by atoms with Crippen LogP contribution in [0.5, 0.6) is 0 Å². The third kappa shape index (κ3) is 4.81. The van der Waals surface area contributed by atoms with Crippen molar-refractivity contribution in [2.75, 3.05) is 11.0 Å². The highest BCUT2D eigenvalue weighted by Crippen LogP contribution is 2.18. The van der Waals surface area contributed by atoms with E-state index in [2.05, 4.69) is 20.2 Å². The monoisotopic (exact) mass is 324 g/mol. The summed E-state index contributed by atoms with van der Waals surface area (Å²) >= 11 is 0. The van der Waals surface area contributed by atoms with Gasteiger partial charge in [-0.25, -0.2) is 8.42 Å². The van der Waals surface area contributed by atoms with E-state index in [0.717, 1.165) is 18.2 Å². The molecule has 0 saturated carbocycles. The first-order chi connectivity index (χ1) is 10.4. The first-order valence-electron chi connectivity index (χ1n) is 7.00. The molecule has 22 heavy (non-hydrogen) atoms. The average molecular weight is 324 g/mol. The summed E-state index contributed by atoms with van der Waals surface area (Å²) in [6.07, 6.45) is 1.86. The standard InChI is InChI=1S/C14H20N4O3S/c1-4-13-16-14(21-17-13)9-15-10(2)11-6-5-7-12(8-11)18-22(3,19)20/h5-8,10,15,18H,4,9H2,1-3H3/t10-/m1/s1. The summed E-state index contributed by atoms with van der Waals surface area (Å²) in [7, 11) is -3.28. The fourth-order valence-electron chi connectivity index (χ4n) is 1.95. The zero-order chi connectivity index (χ0) is 16.2. The van der Waals surface area contributed by atoms with Crippen LogP contribution in [0.15, 0.2) is 28.8 Å². The number of hydrogen-bond acceptors (Lipinski definition) is 6. The van der Waals surface area contributed by atoms with Crippen LogP contribution in [0, 0.1) is 0 Å². The molecule has 0 unspecified atom stereocenters. The highest BCUT2D eigenvalue weighted by molar-refractivity contribution is 7.92. The molecule has 1 aromatic heterocycles. The van der Waals surface area contributed by atoms with Gasteiger partial charge in [0.2, 0.25) is 15.9 Å². The molecule has 0 saturated heterocycles. The zero-order valence-corrected chi connectivity index (χ0v) is 13.6. The second-order valence-corrected chi connectivity index (χ2v) is 6.81. The molecule has 1 aromatic carbocycles. The molecule has 0 aliphatic rings. The van der Waals surface area contributed by atoms with E-state index in [0.29, 0.717) is 23.9 Å². The van der Waals surface area contributed by atoms with E-state index in [1.54, 1.807) is 12.1 Å². The van der Waals surface area contributed by atoms with Crippen LogP contribution in [0.2, 0.25) is 0 Å². The second-order valence-electron chi connectivity index (χ2n) is 5.06. The van der Waals surface area contributed by atoms with Crippen molar-refractivity contribution in [2.45, 2.75) is 32.9 Å². The molecule has 2 rings (SSSR count). The lowest BCUT2D eigenvalue weighted by molar-refractivity contribution is 0.356. The Kier molecular flexibility index (Phi) is 5.15. The van der Waals surface area contributed by atoms with Crippen molar-refractivity contribution in [3.63, 3.8) is 0 Å². The molecule has 2 N–H and O–H groups in total. The van der Waals surface area contributed by atoms with Gasteiger partial charge in [-0.2, -0.15) is 4.98 Å². The van der Waals surface area contributed by atoms with Gasteiger partial charge >= 0.3 is 0 Å². The summed E-state index contributed by atoms with van der Waals surface area (Å²) in [5, 5.41) is 7.11. The Labute approximate surface area is 130 Å². The summed E-state index contributed by atoms with van der Waals surface area (Å²) in [5.74, 6) is 1.22. The fourth-order valence-corrected chi connectivity index (χ4v) is 2.50. The number of nitrogens with zero attached hydrogens (tertiary/aromatic N) is 2. The molecule has 2 aromatic rings. The van der Waals surface area contributed by atoms with Crippen LogP contribution in [-0.4, -0.2) is 24.8 Å². The Morgan fingerprint density at radius 1 is 1.36 bits per heavy atom. The van der Waals surface area contributed by atoms with Crippen LogP contribution in [-0.2, 0) is 23.0 Å². The van der Waals surface area contributed by atoms with Gasteiger partial charge in [-0.1, -0.05) is 24.2 Å². The number of anilines is 1. The lowest BCUT2D eigenvalue weighted by Gasteiger charge is -2.14. The maximum Gasteiger partial charge on any atom is 0.240 e. The second kappa shape index (κ2) is 6.89. The Balaban J connectivity index is 1.99. The maximum absolute atomic E-state index is 11.3. The molecule has 0 bridgehead atoms. The first-order valence-corrected chi connectivity index (χ1v) is 8.89. The van der Waals surface area contributed by atoms with Gasteiger partial charge in [-0.05, 0) is 24.6 Å². The highest BCUT2D eigenvalue weighted by Gasteiger charge is 2.10. The predicted octanol–water partition coefficient (Wildman–Crippen LogP) is 1.85. The quantitative estimate of drug-likeness (QED) is 0.807. The number of benzene rings is 1. The number of aromatic nitrogens is 2. The summed E-state index contributed by atoms with van der Waals surface area (Å²) in [6, 6.07) is 7.25.